The van der Waals surface area contributed by atoms with Gasteiger partial charge in [-0.1, -0.05) is 17.7 Å². The van der Waals surface area contributed by atoms with E-state index in [9.17, 15) is 41.5 Å². The average Bonchev–Trinajstić information content (AvgIpc) is 0.896. The molecule has 8 N–H and O–H groups in total. The highest BCUT2D eigenvalue weighted by Crippen LogP contribution is 2.58. The molecule has 0 saturated heterocycles. The molecule has 6 aliphatic rings. The monoisotopic (exact) mass is 1270 g/mol. The predicted molar refractivity (Wildman–Crippen MR) is 336 cm³/mol. The molecule has 468 valence electrons. The normalized spacial score (nSPS) is 27.6. The second-order valence-corrected chi connectivity index (χ2v) is 27.2. The molecule has 3 spiro atoms. The maximum Gasteiger partial charge on any atom is 0.283 e. The molecule has 24 heteroatoms. The number of thiophene rings is 1. The van der Waals surface area contributed by atoms with Crippen molar-refractivity contribution < 1.29 is 51.0 Å². The van der Waals surface area contributed by atoms with E-state index >= 15 is 0 Å². The SMILES string of the molecule is CC#Cc1cncc(-c2csc(C3(C)CC4(CC(C(C)=O)C4)OC(N)=N3)c2)c1.CC(=O)C1CC2(C1)CC(C)(c1cc(NC(=O)c3ccc(F)cn3)ccc1F)N=C(N)O2.CC(=O)C1CC2(C1)CC(C)(c1cc(NC(=O)c3ccc(F)cn3)ccc1F)N=C(N)S2. The number of nitrogens with zero attached hydrogens (tertiary/aromatic N) is 6. The fourth-order valence-corrected chi connectivity index (χ4v) is 15.7. The third kappa shape index (κ3) is 13.8. The number of carbonyl (C=O) groups excluding carboxylic acids is 5. The van der Waals surface area contributed by atoms with Crippen LogP contribution in [0.25, 0.3) is 11.1 Å². The summed E-state index contributed by atoms with van der Waals surface area (Å²) in [6, 6.07) is 17.6. The number of ketones is 3. The summed E-state index contributed by atoms with van der Waals surface area (Å²) >= 11 is 3.12. The zero-order valence-electron chi connectivity index (χ0n) is 50.5. The third-order valence-corrected chi connectivity index (χ3v) is 19.9. The van der Waals surface area contributed by atoms with Crippen LogP contribution < -0.4 is 27.8 Å². The Kier molecular flexibility index (Phi) is 17.7. The van der Waals surface area contributed by atoms with Gasteiger partial charge >= 0.3 is 0 Å². The van der Waals surface area contributed by atoms with Crippen LogP contribution in [0.2, 0.25) is 0 Å². The van der Waals surface area contributed by atoms with Gasteiger partial charge in [-0.25, -0.2) is 37.5 Å². The lowest BCUT2D eigenvalue weighted by Crippen LogP contribution is -2.56. The predicted octanol–water partition coefficient (Wildman–Crippen LogP) is 11.2. The van der Waals surface area contributed by atoms with Gasteiger partial charge < -0.3 is 37.3 Å². The Labute approximate surface area is 525 Å². The number of halogens is 4. The third-order valence-electron chi connectivity index (χ3n) is 17.5. The molecule has 0 bridgehead atoms. The fraction of sp³-hybridized carbons (Fsp3) is 0.379. The molecule has 2 amide bonds. The minimum atomic E-state index is -1.04. The van der Waals surface area contributed by atoms with Crippen LogP contribution in [0.15, 0.2) is 118 Å². The lowest BCUT2D eigenvalue weighted by Gasteiger charge is -2.52. The number of aromatic nitrogens is 3. The van der Waals surface area contributed by atoms with Crippen molar-refractivity contribution >= 4 is 80.8 Å². The van der Waals surface area contributed by atoms with Gasteiger partial charge in [-0.15, -0.1) is 17.3 Å². The van der Waals surface area contributed by atoms with Crippen molar-refractivity contribution in [2.45, 2.75) is 139 Å². The lowest BCUT2D eigenvalue weighted by molar-refractivity contribution is -0.140. The molecule has 6 aromatic rings. The van der Waals surface area contributed by atoms with E-state index in [-0.39, 0.29) is 74.4 Å². The number of hydrogen-bond acceptors (Lipinski definition) is 18. The number of pyridine rings is 3. The van der Waals surface area contributed by atoms with Crippen molar-refractivity contribution in [3.05, 3.63) is 159 Å². The molecule has 3 unspecified atom stereocenters. The molecule has 3 aliphatic heterocycles. The molecule has 2 aromatic carbocycles. The van der Waals surface area contributed by atoms with Gasteiger partial charge in [0, 0.05) is 86.2 Å². The number of amides is 2. The zero-order valence-corrected chi connectivity index (χ0v) is 52.1. The molecule has 3 aliphatic carbocycles. The molecule has 7 heterocycles. The van der Waals surface area contributed by atoms with Crippen molar-refractivity contribution in [1.82, 2.24) is 15.0 Å². The summed E-state index contributed by atoms with van der Waals surface area (Å²) in [4.78, 5) is 86.3. The largest absolute Gasteiger partial charge is 0.459 e. The molecule has 3 saturated carbocycles. The van der Waals surface area contributed by atoms with E-state index in [1.54, 1.807) is 51.3 Å². The summed E-state index contributed by atoms with van der Waals surface area (Å²) in [6.45, 7) is 12.2. The van der Waals surface area contributed by atoms with E-state index in [0.29, 0.717) is 73.5 Å². The van der Waals surface area contributed by atoms with Gasteiger partial charge in [0.15, 0.2) is 5.17 Å². The first-order chi connectivity index (χ1) is 42.5. The minimum absolute atomic E-state index is 0.00123. The van der Waals surface area contributed by atoms with Crippen LogP contribution in [0.1, 0.15) is 149 Å². The topological polar surface area (TPSA) is 282 Å². The van der Waals surface area contributed by atoms with Gasteiger partial charge in [0.2, 0.25) is 0 Å². The Bertz CT molecular complexity index is 3830. The van der Waals surface area contributed by atoms with Gasteiger partial charge in [-0.05, 0) is 177 Å². The number of nitrogens with one attached hydrogen (secondary N) is 2. The van der Waals surface area contributed by atoms with Crippen molar-refractivity contribution in [2.75, 3.05) is 10.6 Å². The van der Waals surface area contributed by atoms with E-state index in [0.717, 1.165) is 52.5 Å². The van der Waals surface area contributed by atoms with Gasteiger partial charge in [0.1, 0.15) is 68.7 Å². The second kappa shape index (κ2) is 24.9. The van der Waals surface area contributed by atoms with Crippen LogP contribution in [-0.4, -0.2) is 77.3 Å². The van der Waals surface area contributed by atoms with Crippen LogP contribution in [0, 0.1) is 52.9 Å². The summed E-state index contributed by atoms with van der Waals surface area (Å²) in [6.07, 6.45) is 10.9. The Balaban J connectivity index is 0.000000149. The summed E-state index contributed by atoms with van der Waals surface area (Å²) in [5.74, 6) is 3.23. The van der Waals surface area contributed by atoms with Gasteiger partial charge in [-0.2, -0.15) is 0 Å². The number of amidine groups is 3. The number of aliphatic imine (C=N–C) groups is 3. The van der Waals surface area contributed by atoms with Gasteiger partial charge in [0.05, 0.1) is 23.5 Å². The maximum atomic E-state index is 14.9. The maximum absolute atomic E-state index is 14.9. The number of hydrogen-bond donors (Lipinski definition) is 5. The Morgan fingerprint density at radius 3 is 1.53 bits per heavy atom. The number of benzene rings is 2. The fourth-order valence-electron chi connectivity index (χ4n) is 13.1. The number of ether oxygens (including phenoxy) is 2. The quantitative estimate of drug-likeness (QED) is 0.0596. The summed E-state index contributed by atoms with van der Waals surface area (Å²) in [5, 5.41) is 7.78. The molecule has 4 aromatic heterocycles. The number of nitrogens with two attached hydrogens (primary N) is 3. The smallest absolute Gasteiger partial charge is 0.283 e. The molecule has 12 rings (SSSR count). The summed E-state index contributed by atoms with van der Waals surface area (Å²) < 4.78 is 67.2. The highest BCUT2D eigenvalue weighted by Gasteiger charge is 2.57. The molecule has 3 atom stereocenters. The summed E-state index contributed by atoms with van der Waals surface area (Å²) in [7, 11) is 0. The van der Waals surface area contributed by atoms with Gasteiger partial charge in [0.25, 0.3) is 23.9 Å². The van der Waals surface area contributed by atoms with Crippen molar-refractivity contribution in [2.24, 2.45) is 49.9 Å². The molecule has 0 radical (unpaired) electrons. The average molecular weight is 1270 g/mol. The second-order valence-electron chi connectivity index (χ2n) is 24.8. The molecule has 3 fully saturated rings. The van der Waals surface area contributed by atoms with Crippen LogP contribution in [0.5, 0.6) is 0 Å². The molecule has 90 heavy (non-hydrogen) atoms. The van der Waals surface area contributed by atoms with Crippen LogP contribution >= 0.6 is 23.1 Å². The highest BCUT2D eigenvalue weighted by atomic mass is 32.2. The first-order valence-corrected chi connectivity index (χ1v) is 30.8. The zero-order chi connectivity index (χ0) is 64.7. The Morgan fingerprint density at radius 1 is 0.578 bits per heavy atom. The number of Topliss-reactive ketones (excluding diaryl/α,β-unsaturated/α-hetero) is 3. The van der Waals surface area contributed by atoms with E-state index < -0.39 is 57.3 Å². The van der Waals surface area contributed by atoms with E-state index in [4.69, 9.17) is 26.7 Å². The van der Waals surface area contributed by atoms with Gasteiger partial charge in [-0.3, -0.25) is 33.9 Å². The first-order valence-electron chi connectivity index (χ1n) is 29.1. The molecular weight excluding hydrogens is 1200 g/mol. The number of anilines is 2. The Morgan fingerprint density at radius 2 is 1.06 bits per heavy atom. The van der Waals surface area contributed by atoms with E-state index in [1.165, 1.54) is 54.2 Å². The van der Waals surface area contributed by atoms with Crippen LogP contribution in [-0.2, 0) is 40.5 Å². The van der Waals surface area contributed by atoms with Crippen molar-refractivity contribution in [1.29, 1.82) is 0 Å². The number of carbonyl (C=O) groups is 5. The molecular formula is C66H67F4N11O7S2. The standard InChI is InChI=1S/C22H22F2N4O3.C22H22F2N4O2S.C22H23N3O2S/c2*1-12(29)13-8-22(9-13)11-21(2,28-20(25)31-22)16-7-15(4-5-17(16)24)27-19(30)18-6-3-14(23)10-26-18;1-4-5-15-6-16(11-24-10-15)17-7-19(28-12-17)21(3)13-22(27-20(23)25-21)8-18(9-22)14(2)26/h2*3-7,10,13H,8-9,11H2,1-2H3,(H2,25,28)(H,27,30);6-7,10-12,18H,8-9,13H2,1-3H3,(H2,23,25). The number of rotatable bonds is 11. The van der Waals surface area contributed by atoms with Crippen LogP contribution in [0.4, 0.5) is 28.9 Å². The number of thioether (sulfide) groups is 1. The Hall–Kier alpha value is -8.82. The van der Waals surface area contributed by atoms with Crippen molar-refractivity contribution in [3.8, 4) is 23.0 Å². The minimum Gasteiger partial charge on any atom is -0.459 e. The lowest BCUT2D eigenvalue weighted by atomic mass is 9.63. The molecule has 18 nitrogen and oxygen atoms in total. The van der Waals surface area contributed by atoms with Crippen LogP contribution in [0.3, 0.4) is 0 Å². The summed E-state index contributed by atoms with van der Waals surface area (Å²) in [5.41, 5.74) is 19.0. The van der Waals surface area contributed by atoms with Crippen molar-refractivity contribution in [3.63, 3.8) is 0 Å². The highest BCUT2D eigenvalue weighted by molar-refractivity contribution is 8.15. The van der Waals surface area contributed by atoms with E-state index in [2.05, 4.69) is 70.8 Å². The van der Waals surface area contributed by atoms with E-state index in [1.807, 2.05) is 26.1 Å². The first kappa shape index (κ1) is 64.2.